The highest BCUT2D eigenvalue weighted by Gasteiger charge is 2.30. The summed E-state index contributed by atoms with van der Waals surface area (Å²) < 4.78 is 1.00. The Morgan fingerprint density at radius 3 is 2.58 bits per heavy atom. The van der Waals surface area contributed by atoms with Crippen molar-refractivity contribution in [2.45, 2.75) is 44.9 Å². The van der Waals surface area contributed by atoms with Gasteiger partial charge in [-0.05, 0) is 83.3 Å². The molecule has 0 spiro atoms. The monoisotopic (exact) mass is 498 g/mol. The molecule has 0 aromatic heterocycles. The number of fused-ring (bicyclic) bond motifs is 2. The molecule has 2 aliphatic carbocycles. The molecule has 4 rings (SSSR count). The normalized spacial score (nSPS) is 14.5. The number of allylic oxidation sites excluding steroid dienone is 3. The van der Waals surface area contributed by atoms with Gasteiger partial charge in [0, 0.05) is 40.9 Å². The van der Waals surface area contributed by atoms with Crippen LogP contribution in [0.2, 0.25) is 5.02 Å². The number of carbonyl (C=O) groups is 2. The highest BCUT2D eigenvalue weighted by Crippen LogP contribution is 2.42. The van der Waals surface area contributed by atoms with Crippen molar-refractivity contribution in [3.05, 3.63) is 79.3 Å². The number of hydrogen-bond acceptors (Lipinski definition) is 3. The van der Waals surface area contributed by atoms with Crippen LogP contribution < -0.4 is 0 Å². The maximum absolute atomic E-state index is 13.3. The van der Waals surface area contributed by atoms with Crippen LogP contribution in [0.25, 0.3) is 11.6 Å². The van der Waals surface area contributed by atoms with Crippen LogP contribution in [0.1, 0.15) is 54.4 Å². The van der Waals surface area contributed by atoms with Crippen molar-refractivity contribution in [2.24, 2.45) is 0 Å². The standard InChI is InChI=1S/C26H24BrClO3/c27-20-7-9-23-19(13-20)15-24(18-11-16-6-8-21(28)14-17(16)12-18)26(23)25(31)5-1-3-22(30)4-2-10-29/h6-9,12-14,29H,1-5,10-11,15H2. The summed E-state index contributed by atoms with van der Waals surface area (Å²) in [4.78, 5) is 25.2. The number of benzene rings is 2. The minimum absolute atomic E-state index is 0.0238. The van der Waals surface area contributed by atoms with E-state index in [0.29, 0.717) is 37.1 Å². The van der Waals surface area contributed by atoms with E-state index in [2.05, 4.69) is 34.1 Å². The molecule has 1 N–H and O–H groups in total. The number of aliphatic hydroxyl groups excluding tert-OH is 1. The maximum atomic E-state index is 13.3. The van der Waals surface area contributed by atoms with E-state index in [1.165, 1.54) is 11.1 Å². The van der Waals surface area contributed by atoms with E-state index in [1.54, 1.807) is 0 Å². The van der Waals surface area contributed by atoms with Gasteiger partial charge in [-0.25, -0.2) is 0 Å². The lowest BCUT2D eigenvalue weighted by atomic mass is 9.93. The second kappa shape index (κ2) is 9.64. The molecular formula is C26H24BrClO3. The molecule has 3 nitrogen and oxygen atoms in total. The average molecular weight is 500 g/mol. The van der Waals surface area contributed by atoms with Gasteiger partial charge < -0.3 is 5.11 Å². The average Bonchev–Trinajstić information content (AvgIpc) is 3.32. The minimum Gasteiger partial charge on any atom is -0.396 e. The van der Waals surface area contributed by atoms with Gasteiger partial charge in [-0.2, -0.15) is 0 Å². The van der Waals surface area contributed by atoms with Crippen molar-refractivity contribution in [2.75, 3.05) is 6.61 Å². The molecule has 2 aromatic carbocycles. The summed E-state index contributed by atoms with van der Waals surface area (Å²) >= 11 is 9.72. The molecule has 0 atom stereocenters. The first-order chi connectivity index (χ1) is 15.0. The van der Waals surface area contributed by atoms with Crippen molar-refractivity contribution in [3.8, 4) is 0 Å². The molecule has 0 bridgehead atoms. The van der Waals surface area contributed by atoms with Gasteiger partial charge in [0.05, 0.1) is 0 Å². The Bertz CT molecular complexity index is 1110. The molecule has 0 heterocycles. The van der Waals surface area contributed by atoms with Crippen LogP contribution in [0.15, 0.2) is 52.0 Å². The van der Waals surface area contributed by atoms with E-state index in [-0.39, 0.29) is 18.2 Å². The Kier molecular flexibility index (Phi) is 6.90. The number of halogens is 2. The van der Waals surface area contributed by atoms with Crippen LogP contribution in [0.3, 0.4) is 0 Å². The number of carbonyl (C=O) groups excluding carboxylic acids is 2. The van der Waals surface area contributed by atoms with Gasteiger partial charge in [0.15, 0.2) is 5.78 Å². The van der Waals surface area contributed by atoms with Gasteiger partial charge in [-0.1, -0.05) is 45.7 Å². The van der Waals surface area contributed by atoms with Crippen LogP contribution in [-0.2, 0) is 22.4 Å². The Morgan fingerprint density at radius 2 is 1.77 bits per heavy atom. The summed E-state index contributed by atoms with van der Waals surface area (Å²) in [6.45, 7) is 0.0238. The van der Waals surface area contributed by atoms with E-state index in [9.17, 15) is 9.59 Å². The minimum atomic E-state index is 0.0238. The van der Waals surface area contributed by atoms with Crippen LogP contribution in [0.5, 0.6) is 0 Å². The molecule has 0 unspecified atom stereocenters. The smallest absolute Gasteiger partial charge is 0.163 e. The molecule has 0 fully saturated rings. The van der Waals surface area contributed by atoms with Crippen LogP contribution in [0, 0.1) is 0 Å². The fourth-order valence-corrected chi connectivity index (χ4v) is 5.05. The predicted octanol–water partition coefficient (Wildman–Crippen LogP) is 6.13. The predicted molar refractivity (Wildman–Crippen MR) is 128 cm³/mol. The summed E-state index contributed by atoms with van der Waals surface area (Å²) in [6, 6.07) is 12.0. The van der Waals surface area contributed by atoms with Crippen LogP contribution >= 0.6 is 27.5 Å². The molecule has 0 amide bonds. The molecule has 0 saturated heterocycles. The van der Waals surface area contributed by atoms with Crippen molar-refractivity contribution >= 4 is 50.7 Å². The van der Waals surface area contributed by atoms with E-state index >= 15 is 0 Å². The SMILES string of the molecule is O=C(CCCO)CCCC(=O)C1=C(C2=Cc3cc(Cl)ccc3C2)Cc2cc(Br)ccc21. The van der Waals surface area contributed by atoms with Crippen LogP contribution in [-0.4, -0.2) is 23.3 Å². The topological polar surface area (TPSA) is 54.4 Å². The molecule has 160 valence electrons. The second-order valence-electron chi connectivity index (χ2n) is 8.16. The third-order valence-corrected chi connectivity index (χ3v) is 6.69. The molecule has 5 heteroatoms. The van der Waals surface area contributed by atoms with Gasteiger partial charge in [-0.3, -0.25) is 9.59 Å². The third kappa shape index (κ3) is 4.92. The molecule has 0 aliphatic heterocycles. The first kappa shape index (κ1) is 22.2. The zero-order valence-corrected chi connectivity index (χ0v) is 19.6. The Labute approximate surface area is 195 Å². The number of hydrogen-bond donors (Lipinski definition) is 1. The molecule has 2 aromatic rings. The third-order valence-electron chi connectivity index (χ3n) is 5.96. The van der Waals surface area contributed by atoms with Crippen LogP contribution in [0.4, 0.5) is 0 Å². The van der Waals surface area contributed by atoms with Gasteiger partial charge in [0.1, 0.15) is 5.78 Å². The van der Waals surface area contributed by atoms with Gasteiger partial charge in [0.25, 0.3) is 0 Å². The lowest BCUT2D eigenvalue weighted by Gasteiger charge is -2.09. The zero-order chi connectivity index (χ0) is 22.0. The lowest BCUT2D eigenvalue weighted by molar-refractivity contribution is -0.119. The fraction of sp³-hybridized carbons (Fsp3) is 0.308. The summed E-state index contributed by atoms with van der Waals surface area (Å²) in [6.07, 6.45) is 5.84. The molecule has 31 heavy (non-hydrogen) atoms. The molecule has 0 radical (unpaired) electrons. The highest BCUT2D eigenvalue weighted by atomic mass is 79.9. The van der Waals surface area contributed by atoms with Gasteiger partial charge in [0.2, 0.25) is 0 Å². The largest absolute Gasteiger partial charge is 0.396 e. The number of ketones is 2. The van der Waals surface area contributed by atoms with E-state index < -0.39 is 0 Å². The molecule has 2 aliphatic rings. The molecular weight excluding hydrogens is 476 g/mol. The van der Waals surface area contributed by atoms with Crippen molar-refractivity contribution < 1.29 is 14.7 Å². The summed E-state index contributed by atoms with van der Waals surface area (Å²) in [5.74, 6) is 0.207. The van der Waals surface area contributed by atoms with E-state index in [1.807, 2.05) is 24.3 Å². The molecule has 0 saturated carbocycles. The Balaban J connectivity index is 1.58. The summed E-state index contributed by atoms with van der Waals surface area (Å²) in [7, 11) is 0. The highest BCUT2D eigenvalue weighted by molar-refractivity contribution is 9.10. The fourth-order valence-electron chi connectivity index (χ4n) is 4.46. The van der Waals surface area contributed by atoms with Gasteiger partial charge >= 0.3 is 0 Å². The second-order valence-corrected chi connectivity index (χ2v) is 9.52. The van der Waals surface area contributed by atoms with Crippen molar-refractivity contribution in [1.82, 2.24) is 0 Å². The maximum Gasteiger partial charge on any atom is 0.163 e. The summed E-state index contributed by atoms with van der Waals surface area (Å²) in [5, 5.41) is 9.58. The van der Waals surface area contributed by atoms with Crippen molar-refractivity contribution in [3.63, 3.8) is 0 Å². The number of Topliss-reactive ketones (excluding diaryl/α,β-unsaturated/α-hetero) is 2. The quantitative estimate of drug-likeness (QED) is 0.451. The van der Waals surface area contributed by atoms with E-state index in [0.717, 1.165) is 45.2 Å². The van der Waals surface area contributed by atoms with Crippen molar-refractivity contribution in [1.29, 1.82) is 0 Å². The first-order valence-corrected chi connectivity index (χ1v) is 11.8. The zero-order valence-electron chi connectivity index (χ0n) is 17.2. The first-order valence-electron chi connectivity index (χ1n) is 10.6. The summed E-state index contributed by atoms with van der Waals surface area (Å²) in [5.41, 5.74) is 7.57. The Hall–Kier alpha value is -2.01. The number of rotatable bonds is 9. The van der Waals surface area contributed by atoms with Gasteiger partial charge in [-0.15, -0.1) is 0 Å². The lowest BCUT2D eigenvalue weighted by Crippen LogP contribution is -2.06. The Morgan fingerprint density at radius 1 is 0.968 bits per heavy atom. The number of aliphatic hydroxyl groups is 1. The van der Waals surface area contributed by atoms with E-state index in [4.69, 9.17) is 16.7 Å².